The number of nitrogens with zero attached hydrogens (tertiary/aromatic N) is 1. The van der Waals surface area contributed by atoms with Gasteiger partial charge in [-0.2, -0.15) is 0 Å². The molecule has 0 unspecified atom stereocenters. The van der Waals surface area contributed by atoms with Crippen molar-refractivity contribution in [2.75, 3.05) is 27.7 Å². The zero-order chi connectivity index (χ0) is 15.2. The van der Waals surface area contributed by atoms with E-state index in [0.717, 1.165) is 18.4 Å². The van der Waals surface area contributed by atoms with Gasteiger partial charge < -0.3 is 10.1 Å². The molecule has 0 aliphatic rings. The highest BCUT2D eigenvalue weighted by molar-refractivity contribution is 7.89. The van der Waals surface area contributed by atoms with Gasteiger partial charge in [0.05, 0.1) is 12.0 Å². The van der Waals surface area contributed by atoms with E-state index >= 15 is 0 Å². The molecular weight excluding hydrogens is 276 g/mol. The van der Waals surface area contributed by atoms with Crippen molar-refractivity contribution < 1.29 is 13.2 Å². The third-order valence-corrected chi connectivity index (χ3v) is 5.01. The van der Waals surface area contributed by atoms with E-state index in [2.05, 4.69) is 5.32 Å². The van der Waals surface area contributed by atoms with Gasteiger partial charge >= 0.3 is 0 Å². The van der Waals surface area contributed by atoms with Crippen LogP contribution < -0.4 is 10.1 Å². The Kier molecular flexibility index (Phi) is 6.45. The van der Waals surface area contributed by atoms with Crippen molar-refractivity contribution in [3.63, 3.8) is 0 Å². The Labute approximate surface area is 122 Å². The standard InChI is InChI=1S/C14H24N2O3S/c1-5-6-9-16(3)20(17,18)13-7-8-14(19-4)12(10-13)11-15-2/h7-8,10,15H,5-6,9,11H2,1-4H3. The first-order valence-electron chi connectivity index (χ1n) is 6.75. The fraction of sp³-hybridized carbons (Fsp3) is 0.571. The zero-order valence-corrected chi connectivity index (χ0v) is 13.5. The molecule has 0 saturated carbocycles. The molecule has 0 aliphatic heterocycles. The van der Waals surface area contributed by atoms with Crippen LogP contribution in [-0.2, 0) is 16.6 Å². The van der Waals surface area contributed by atoms with Crippen LogP contribution in [0, 0.1) is 0 Å². The Balaban J connectivity index is 3.09. The molecule has 1 aromatic carbocycles. The molecule has 1 aromatic rings. The lowest BCUT2D eigenvalue weighted by atomic mass is 10.2. The van der Waals surface area contributed by atoms with Crippen LogP contribution in [-0.4, -0.2) is 40.5 Å². The Morgan fingerprint density at radius 2 is 2.05 bits per heavy atom. The van der Waals surface area contributed by atoms with E-state index in [0.29, 0.717) is 23.7 Å². The largest absolute Gasteiger partial charge is 0.496 e. The number of methoxy groups -OCH3 is 1. The second-order valence-corrected chi connectivity index (χ2v) is 6.73. The summed E-state index contributed by atoms with van der Waals surface area (Å²) in [7, 11) is 1.58. The van der Waals surface area contributed by atoms with Gasteiger partial charge in [-0.25, -0.2) is 12.7 Å². The average molecular weight is 300 g/mol. The highest BCUT2D eigenvalue weighted by atomic mass is 32.2. The molecule has 0 amide bonds. The van der Waals surface area contributed by atoms with Gasteiger partial charge in [0.15, 0.2) is 0 Å². The number of unbranched alkanes of at least 4 members (excludes halogenated alkanes) is 1. The number of sulfonamides is 1. The highest BCUT2D eigenvalue weighted by Crippen LogP contribution is 2.24. The lowest BCUT2D eigenvalue weighted by Crippen LogP contribution is -2.28. The average Bonchev–Trinajstić information content (AvgIpc) is 2.44. The zero-order valence-electron chi connectivity index (χ0n) is 12.6. The third-order valence-electron chi connectivity index (χ3n) is 3.15. The summed E-state index contributed by atoms with van der Waals surface area (Å²) < 4.78 is 31.6. The van der Waals surface area contributed by atoms with Crippen molar-refractivity contribution in [2.24, 2.45) is 0 Å². The van der Waals surface area contributed by atoms with Gasteiger partial charge in [0.25, 0.3) is 0 Å². The van der Waals surface area contributed by atoms with E-state index in [1.54, 1.807) is 32.4 Å². The smallest absolute Gasteiger partial charge is 0.242 e. The van der Waals surface area contributed by atoms with Crippen LogP contribution in [0.4, 0.5) is 0 Å². The predicted octanol–water partition coefficient (Wildman–Crippen LogP) is 1.84. The molecular formula is C14H24N2O3S. The monoisotopic (exact) mass is 300 g/mol. The van der Waals surface area contributed by atoms with Gasteiger partial charge in [-0.1, -0.05) is 13.3 Å². The molecule has 1 rings (SSSR count). The van der Waals surface area contributed by atoms with Crippen molar-refractivity contribution in [2.45, 2.75) is 31.2 Å². The number of ether oxygens (including phenoxy) is 1. The van der Waals surface area contributed by atoms with Crippen molar-refractivity contribution >= 4 is 10.0 Å². The van der Waals surface area contributed by atoms with Gasteiger partial charge in [0, 0.05) is 25.7 Å². The molecule has 0 fully saturated rings. The maximum Gasteiger partial charge on any atom is 0.242 e. The molecule has 114 valence electrons. The number of rotatable bonds is 8. The first kappa shape index (κ1) is 16.9. The summed E-state index contributed by atoms with van der Waals surface area (Å²) in [6.07, 6.45) is 1.82. The second kappa shape index (κ2) is 7.61. The van der Waals surface area contributed by atoms with Crippen molar-refractivity contribution in [3.8, 4) is 5.75 Å². The molecule has 0 saturated heterocycles. The third kappa shape index (κ3) is 3.94. The van der Waals surface area contributed by atoms with Crippen LogP contribution in [0.2, 0.25) is 0 Å². The Bertz CT molecular complexity index is 529. The molecule has 0 bridgehead atoms. The molecule has 0 spiro atoms. The van der Waals surface area contributed by atoms with Crippen LogP contribution in [0.5, 0.6) is 5.75 Å². The second-order valence-electron chi connectivity index (χ2n) is 4.68. The lowest BCUT2D eigenvalue weighted by Gasteiger charge is -2.18. The van der Waals surface area contributed by atoms with Crippen LogP contribution in [0.3, 0.4) is 0 Å². The van der Waals surface area contributed by atoms with E-state index in [4.69, 9.17) is 4.74 Å². The first-order valence-corrected chi connectivity index (χ1v) is 8.19. The van der Waals surface area contributed by atoms with Crippen molar-refractivity contribution in [3.05, 3.63) is 23.8 Å². The van der Waals surface area contributed by atoms with E-state index in [9.17, 15) is 8.42 Å². The minimum Gasteiger partial charge on any atom is -0.496 e. The maximum absolute atomic E-state index is 12.5. The van der Waals surface area contributed by atoms with Gasteiger partial charge in [0.2, 0.25) is 10.0 Å². The fourth-order valence-corrected chi connectivity index (χ4v) is 3.19. The summed E-state index contributed by atoms with van der Waals surface area (Å²) in [6, 6.07) is 4.97. The Morgan fingerprint density at radius 1 is 1.35 bits per heavy atom. The van der Waals surface area contributed by atoms with Crippen molar-refractivity contribution in [1.82, 2.24) is 9.62 Å². The molecule has 0 aromatic heterocycles. The topological polar surface area (TPSA) is 58.6 Å². The number of hydrogen-bond acceptors (Lipinski definition) is 4. The summed E-state index contributed by atoms with van der Waals surface area (Å²) in [5.74, 6) is 0.689. The SMILES string of the molecule is CCCCN(C)S(=O)(=O)c1ccc(OC)c(CNC)c1. The number of benzene rings is 1. The predicted molar refractivity (Wildman–Crippen MR) is 80.5 cm³/mol. The minimum absolute atomic E-state index is 0.308. The molecule has 0 aliphatic carbocycles. The van der Waals surface area contributed by atoms with Gasteiger partial charge in [-0.3, -0.25) is 0 Å². The molecule has 1 N–H and O–H groups in total. The normalized spacial score (nSPS) is 11.8. The summed E-state index contributed by atoms with van der Waals surface area (Å²) in [6.45, 7) is 3.14. The molecule has 0 heterocycles. The van der Waals surface area contributed by atoms with Gasteiger partial charge in [-0.05, 0) is 31.7 Å². The van der Waals surface area contributed by atoms with E-state index in [1.165, 1.54) is 4.31 Å². The van der Waals surface area contributed by atoms with Crippen molar-refractivity contribution in [1.29, 1.82) is 0 Å². The van der Waals surface area contributed by atoms with E-state index in [1.807, 2.05) is 14.0 Å². The summed E-state index contributed by atoms with van der Waals surface area (Å²) >= 11 is 0. The van der Waals surface area contributed by atoms with E-state index < -0.39 is 10.0 Å². The highest BCUT2D eigenvalue weighted by Gasteiger charge is 2.21. The van der Waals surface area contributed by atoms with Gasteiger partial charge in [0.1, 0.15) is 5.75 Å². The maximum atomic E-state index is 12.5. The Morgan fingerprint density at radius 3 is 2.60 bits per heavy atom. The molecule has 0 atom stereocenters. The number of hydrogen-bond donors (Lipinski definition) is 1. The van der Waals surface area contributed by atoms with E-state index in [-0.39, 0.29) is 0 Å². The summed E-state index contributed by atoms with van der Waals surface area (Å²) in [4.78, 5) is 0.308. The van der Waals surface area contributed by atoms with Crippen LogP contribution >= 0.6 is 0 Å². The van der Waals surface area contributed by atoms with Gasteiger partial charge in [-0.15, -0.1) is 0 Å². The number of nitrogens with one attached hydrogen (secondary N) is 1. The molecule has 20 heavy (non-hydrogen) atoms. The lowest BCUT2D eigenvalue weighted by molar-refractivity contribution is 0.407. The molecule has 0 radical (unpaired) electrons. The molecule has 6 heteroatoms. The van der Waals surface area contributed by atoms with Crippen LogP contribution in [0.15, 0.2) is 23.1 Å². The van der Waals surface area contributed by atoms with Crippen LogP contribution in [0.25, 0.3) is 0 Å². The minimum atomic E-state index is -3.43. The summed E-state index contributed by atoms with van der Waals surface area (Å²) in [5, 5.41) is 3.01. The summed E-state index contributed by atoms with van der Waals surface area (Å²) in [5.41, 5.74) is 0.833. The molecule has 5 nitrogen and oxygen atoms in total. The quantitative estimate of drug-likeness (QED) is 0.796. The Hall–Kier alpha value is -1.11. The fourth-order valence-electron chi connectivity index (χ4n) is 1.92. The first-order chi connectivity index (χ1) is 9.47. The van der Waals surface area contributed by atoms with Crippen LogP contribution in [0.1, 0.15) is 25.3 Å².